The number of hydrogen-bond donors (Lipinski definition) is 7. The van der Waals surface area contributed by atoms with Crippen molar-refractivity contribution in [2.75, 3.05) is 38.1 Å². The molecule has 2 aromatic heterocycles. The van der Waals surface area contributed by atoms with Crippen LogP contribution in [0.1, 0.15) is 34.6 Å². The third-order valence-electron chi connectivity index (χ3n) is 7.53. The second-order valence-electron chi connectivity index (χ2n) is 12.5. The summed E-state index contributed by atoms with van der Waals surface area (Å²) >= 11 is 16.9. The van der Waals surface area contributed by atoms with Gasteiger partial charge in [-0.1, -0.05) is 23.2 Å². The number of nitrogens with two attached hydrogens (primary N) is 1. The first-order valence-corrected chi connectivity index (χ1v) is 18.4. The molecule has 0 saturated carbocycles. The minimum atomic E-state index is -1.12. The summed E-state index contributed by atoms with van der Waals surface area (Å²) in [6.07, 6.45) is 0. The van der Waals surface area contributed by atoms with Crippen molar-refractivity contribution in [1.29, 1.82) is 0 Å². The molecule has 0 aliphatic rings. The molecule has 6 rings (SSSR count). The summed E-state index contributed by atoms with van der Waals surface area (Å²) in [6, 6.07) is 15.9. The van der Waals surface area contributed by atoms with Crippen LogP contribution in [0.15, 0.2) is 77.8 Å². The van der Waals surface area contributed by atoms with E-state index in [0.29, 0.717) is 45.9 Å². The first kappa shape index (κ1) is 46.0. The standard InChI is InChI=1S/C19H18ClF2N5O2.C15H9ClF2N4OS.C4H11NO/c1-10(9-29-2)23-19(25-18(28)11-3-6-14(21)15(22)7-11)24-17-13-5-4-12(20)8-16(13)26-27-17;16-8-2-3-9-12(6-8)21-22-13(9)19-15(24)20-14(23)7-1-4-10(17)11(18)5-7;1-4(5)3-6-2/h3-8,10H,9H2,1-2H3,(H3,23,24,25,26,27,28);1-6H,(H3,19,20,21,22,23,24);4H,3,5H2,1-2H3/t10-;;4-/m0.0/s1. The number of aromatic nitrogens is 4. The molecular weight excluding hydrogens is 839 g/mol. The number of aliphatic imine (C=N–C) groups is 1. The summed E-state index contributed by atoms with van der Waals surface area (Å²) in [6.45, 7) is 4.66. The summed E-state index contributed by atoms with van der Waals surface area (Å²) in [5.74, 6) is -4.76. The van der Waals surface area contributed by atoms with Crippen molar-refractivity contribution < 1.29 is 36.6 Å². The molecule has 0 unspecified atom stereocenters. The predicted molar refractivity (Wildman–Crippen MR) is 224 cm³/mol. The van der Waals surface area contributed by atoms with E-state index in [1.807, 2.05) is 6.92 Å². The SMILES string of the molecule is COC[C@H](C)N.COC[C@H](C)N=C(NC(=O)c1ccc(F)c(F)c1)Nc1n[nH]c2cc(Cl)ccc12.O=C(NC(=S)Nc1n[nH]c2cc(Cl)ccc12)c1ccc(F)c(F)c1. The van der Waals surface area contributed by atoms with Crippen LogP contribution in [0.5, 0.6) is 0 Å². The van der Waals surface area contributed by atoms with Gasteiger partial charge in [-0.15, -0.1) is 0 Å². The third-order valence-corrected chi connectivity index (χ3v) is 8.20. The van der Waals surface area contributed by atoms with Crippen LogP contribution in [0.2, 0.25) is 10.0 Å². The monoisotopic (exact) mass is 876 g/mol. The van der Waals surface area contributed by atoms with E-state index in [9.17, 15) is 27.2 Å². The molecule has 0 saturated heterocycles. The average molecular weight is 878 g/mol. The molecule has 8 N–H and O–H groups in total. The number of carbonyl (C=O) groups is 2. The fourth-order valence-electron chi connectivity index (χ4n) is 4.91. The Morgan fingerprint density at radius 2 is 1.20 bits per heavy atom. The lowest BCUT2D eigenvalue weighted by atomic mass is 10.2. The van der Waals surface area contributed by atoms with Gasteiger partial charge in [0.05, 0.1) is 30.3 Å². The molecule has 6 aromatic rings. The maximum atomic E-state index is 13.5. The lowest BCUT2D eigenvalue weighted by Gasteiger charge is -2.13. The van der Waals surface area contributed by atoms with Crippen molar-refractivity contribution in [3.05, 3.63) is 117 Å². The molecule has 2 atom stereocenters. The van der Waals surface area contributed by atoms with Gasteiger partial charge in [0.15, 0.2) is 40.0 Å². The summed E-state index contributed by atoms with van der Waals surface area (Å²) in [5, 5.41) is 27.0. The molecular formula is C38H38Cl2F4N10O4S. The molecule has 0 aliphatic heterocycles. The number of ether oxygens (including phenoxy) is 2. The number of methoxy groups -OCH3 is 2. The fraction of sp³-hybridized carbons (Fsp3) is 0.211. The number of amides is 2. The highest BCUT2D eigenvalue weighted by molar-refractivity contribution is 7.80. The lowest BCUT2D eigenvalue weighted by molar-refractivity contribution is 0.0968. The maximum Gasteiger partial charge on any atom is 0.258 e. The summed E-state index contributed by atoms with van der Waals surface area (Å²) in [4.78, 5) is 28.9. The van der Waals surface area contributed by atoms with E-state index < -0.39 is 35.1 Å². The molecule has 0 fully saturated rings. The van der Waals surface area contributed by atoms with Crippen LogP contribution in [-0.4, -0.2) is 82.8 Å². The van der Waals surface area contributed by atoms with Crippen LogP contribution in [0.25, 0.3) is 21.8 Å². The van der Waals surface area contributed by atoms with Gasteiger partial charge >= 0.3 is 0 Å². The zero-order valence-corrected chi connectivity index (χ0v) is 34.1. The van der Waals surface area contributed by atoms with Gasteiger partial charge < -0.3 is 25.8 Å². The largest absolute Gasteiger partial charge is 0.383 e. The average Bonchev–Trinajstić information content (AvgIpc) is 3.76. The van der Waals surface area contributed by atoms with Gasteiger partial charge in [-0.3, -0.25) is 30.4 Å². The van der Waals surface area contributed by atoms with E-state index in [-0.39, 0.29) is 34.3 Å². The van der Waals surface area contributed by atoms with E-state index >= 15 is 0 Å². The quantitative estimate of drug-likeness (QED) is 0.0335. The number of benzene rings is 4. The van der Waals surface area contributed by atoms with E-state index in [1.54, 1.807) is 50.4 Å². The molecule has 4 aromatic carbocycles. The highest BCUT2D eigenvalue weighted by Gasteiger charge is 2.16. The van der Waals surface area contributed by atoms with Gasteiger partial charge in [0.2, 0.25) is 5.96 Å². The third kappa shape index (κ3) is 13.7. The molecule has 0 bridgehead atoms. The Balaban J connectivity index is 0.000000232. The van der Waals surface area contributed by atoms with Crippen LogP contribution in [0.3, 0.4) is 0 Å². The van der Waals surface area contributed by atoms with E-state index in [4.69, 9.17) is 45.9 Å². The van der Waals surface area contributed by atoms with Crippen LogP contribution in [0, 0.1) is 23.3 Å². The zero-order chi connectivity index (χ0) is 43.2. The molecule has 59 heavy (non-hydrogen) atoms. The van der Waals surface area contributed by atoms with Gasteiger partial charge in [0, 0.05) is 52.2 Å². The Morgan fingerprint density at radius 3 is 1.64 bits per heavy atom. The molecule has 2 heterocycles. The summed E-state index contributed by atoms with van der Waals surface area (Å²) in [7, 11) is 3.17. The number of thiocarbonyl (C=S) groups is 1. The number of halogens is 6. The number of nitrogens with one attached hydrogen (secondary N) is 6. The molecule has 312 valence electrons. The Morgan fingerprint density at radius 1 is 0.729 bits per heavy atom. The normalized spacial score (nSPS) is 12.1. The van der Waals surface area contributed by atoms with Gasteiger partial charge in [0.1, 0.15) is 0 Å². The van der Waals surface area contributed by atoms with Crippen molar-refractivity contribution in [3.63, 3.8) is 0 Å². The molecule has 21 heteroatoms. The number of hydrogen-bond acceptors (Lipinski definition) is 9. The number of carbonyl (C=O) groups excluding carboxylic acids is 2. The van der Waals surface area contributed by atoms with Crippen LogP contribution >= 0.6 is 35.4 Å². The molecule has 0 spiro atoms. The number of aromatic amines is 2. The zero-order valence-electron chi connectivity index (χ0n) is 31.7. The molecule has 14 nitrogen and oxygen atoms in total. The van der Waals surface area contributed by atoms with Crippen molar-refractivity contribution >= 4 is 91.7 Å². The molecule has 0 radical (unpaired) electrons. The fourth-order valence-corrected chi connectivity index (χ4v) is 5.45. The Kier molecular flexibility index (Phi) is 17.1. The number of guanidine groups is 1. The van der Waals surface area contributed by atoms with Gasteiger partial charge in [-0.2, -0.15) is 10.2 Å². The second kappa shape index (κ2) is 21.9. The number of fused-ring (bicyclic) bond motifs is 2. The Hall–Kier alpha value is -5.70. The van der Waals surface area contributed by atoms with E-state index in [1.165, 1.54) is 13.2 Å². The minimum Gasteiger partial charge on any atom is -0.383 e. The highest BCUT2D eigenvalue weighted by Crippen LogP contribution is 2.25. The highest BCUT2D eigenvalue weighted by atomic mass is 35.5. The number of nitrogens with zero attached hydrogens (tertiary/aromatic N) is 3. The Labute approximate surface area is 350 Å². The second-order valence-corrected chi connectivity index (χ2v) is 13.8. The summed E-state index contributed by atoms with van der Waals surface area (Å²) < 4.78 is 62.4. The van der Waals surface area contributed by atoms with Crippen LogP contribution in [0.4, 0.5) is 29.2 Å². The minimum absolute atomic E-state index is 0.0342. The summed E-state index contributed by atoms with van der Waals surface area (Å²) in [5.41, 5.74) is 6.55. The van der Waals surface area contributed by atoms with E-state index in [0.717, 1.165) is 41.1 Å². The lowest BCUT2D eigenvalue weighted by Crippen LogP contribution is -2.37. The van der Waals surface area contributed by atoms with Crippen LogP contribution in [-0.2, 0) is 9.47 Å². The van der Waals surface area contributed by atoms with Gasteiger partial charge in [0.25, 0.3) is 11.8 Å². The topological polar surface area (TPSA) is 196 Å². The maximum absolute atomic E-state index is 13.5. The van der Waals surface area contributed by atoms with E-state index in [2.05, 4.69) is 51.4 Å². The van der Waals surface area contributed by atoms with Crippen molar-refractivity contribution in [2.45, 2.75) is 25.9 Å². The van der Waals surface area contributed by atoms with Gasteiger partial charge in [-0.05, 0) is 98.9 Å². The van der Waals surface area contributed by atoms with Crippen molar-refractivity contribution in [1.82, 2.24) is 31.0 Å². The number of H-pyrrole nitrogens is 2. The number of anilines is 2. The first-order valence-electron chi connectivity index (χ1n) is 17.3. The van der Waals surface area contributed by atoms with Gasteiger partial charge in [-0.25, -0.2) is 22.6 Å². The predicted octanol–water partition coefficient (Wildman–Crippen LogP) is 7.33. The van der Waals surface area contributed by atoms with Crippen LogP contribution < -0.4 is 27.0 Å². The van der Waals surface area contributed by atoms with Crippen molar-refractivity contribution in [2.24, 2.45) is 10.7 Å². The first-order chi connectivity index (χ1) is 28.1. The molecule has 0 aliphatic carbocycles. The van der Waals surface area contributed by atoms with Crippen molar-refractivity contribution in [3.8, 4) is 0 Å². The smallest absolute Gasteiger partial charge is 0.258 e. The number of rotatable bonds is 9. The Bertz CT molecular complexity index is 2450. The molecule has 2 amide bonds.